The molecule has 2 amide bonds. The molecular formula is C39H53N3O8. The van der Waals surface area contributed by atoms with Gasteiger partial charge >= 0.3 is 0 Å². The summed E-state index contributed by atoms with van der Waals surface area (Å²) in [5.41, 5.74) is 1.66. The van der Waals surface area contributed by atoms with E-state index < -0.39 is 0 Å². The number of allylic oxidation sites excluding steroid dienone is 4. The van der Waals surface area contributed by atoms with Gasteiger partial charge in [-0.3, -0.25) is 14.5 Å². The summed E-state index contributed by atoms with van der Waals surface area (Å²) >= 11 is 0. The number of carbonyl (C=O) groups is 2. The number of piperazine rings is 1. The highest BCUT2D eigenvalue weighted by atomic mass is 16.5. The van der Waals surface area contributed by atoms with Crippen molar-refractivity contribution in [3.8, 4) is 34.5 Å². The molecule has 272 valence electrons. The Labute approximate surface area is 297 Å². The summed E-state index contributed by atoms with van der Waals surface area (Å²) in [4.78, 5) is 32.9. The molecule has 0 radical (unpaired) electrons. The molecule has 2 aromatic rings. The van der Waals surface area contributed by atoms with Crippen LogP contribution < -0.4 is 28.4 Å². The van der Waals surface area contributed by atoms with Crippen LogP contribution in [0.5, 0.6) is 34.5 Å². The molecule has 0 N–H and O–H groups in total. The summed E-state index contributed by atoms with van der Waals surface area (Å²) in [5, 5.41) is 0. The molecular weight excluding hydrogens is 638 g/mol. The van der Waals surface area contributed by atoms with Crippen molar-refractivity contribution in [1.29, 1.82) is 0 Å². The molecule has 1 atom stereocenters. The maximum atomic E-state index is 13.6. The maximum Gasteiger partial charge on any atom is 0.246 e. The molecule has 11 nitrogen and oxygen atoms in total. The molecule has 1 aliphatic rings. The monoisotopic (exact) mass is 691 g/mol. The van der Waals surface area contributed by atoms with Crippen LogP contribution in [-0.2, 0) is 9.59 Å². The van der Waals surface area contributed by atoms with Crippen LogP contribution >= 0.6 is 0 Å². The SMILES string of the molecule is COc1cc(C=CC=CC(=O)N2CCN(C(=O)C=CC=Cc3cc(OC)c(OC)c(OC)c3)C(CN(C(C)C)C(C)C)C2)cc(OC)c1OC. The van der Waals surface area contributed by atoms with Gasteiger partial charge in [0.15, 0.2) is 23.0 Å². The summed E-state index contributed by atoms with van der Waals surface area (Å²) in [6.45, 7) is 10.5. The number of hydrogen-bond donors (Lipinski definition) is 0. The number of nitrogens with zero attached hydrogens (tertiary/aromatic N) is 3. The molecule has 0 spiro atoms. The zero-order valence-corrected chi connectivity index (χ0v) is 31.1. The van der Waals surface area contributed by atoms with Crippen LogP contribution in [0, 0.1) is 0 Å². The molecule has 1 aliphatic heterocycles. The molecule has 1 saturated heterocycles. The number of rotatable bonds is 16. The minimum atomic E-state index is -0.183. The van der Waals surface area contributed by atoms with Crippen molar-refractivity contribution < 1.29 is 38.0 Å². The molecule has 1 unspecified atom stereocenters. The van der Waals surface area contributed by atoms with Gasteiger partial charge in [0.25, 0.3) is 0 Å². The van der Waals surface area contributed by atoms with Crippen LogP contribution in [-0.4, -0.2) is 113 Å². The van der Waals surface area contributed by atoms with E-state index in [0.29, 0.717) is 60.7 Å². The normalized spacial score (nSPS) is 15.3. The summed E-state index contributed by atoms with van der Waals surface area (Å²) in [7, 11) is 9.39. The Morgan fingerprint density at radius 1 is 0.660 bits per heavy atom. The van der Waals surface area contributed by atoms with Crippen molar-refractivity contribution in [2.24, 2.45) is 0 Å². The zero-order chi connectivity index (χ0) is 36.8. The molecule has 0 bridgehead atoms. The van der Waals surface area contributed by atoms with Crippen molar-refractivity contribution in [3.05, 3.63) is 71.8 Å². The highest BCUT2D eigenvalue weighted by Gasteiger charge is 2.33. The lowest BCUT2D eigenvalue weighted by Gasteiger charge is -2.44. The number of methoxy groups -OCH3 is 6. The fourth-order valence-electron chi connectivity index (χ4n) is 5.97. The van der Waals surface area contributed by atoms with Gasteiger partial charge in [0, 0.05) is 50.4 Å². The third-order valence-electron chi connectivity index (χ3n) is 8.48. The summed E-state index contributed by atoms with van der Waals surface area (Å²) in [6, 6.07) is 7.71. The van der Waals surface area contributed by atoms with E-state index >= 15 is 0 Å². The van der Waals surface area contributed by atoms with E-state index in [2.05, 4.69) is 32.6 Å². The average molecular weight is 692 g/mol. The summed E-state index contributed by atoms with van der Waals surface area (Å²) < 4.78 is 32.6. The van der Waals surface area contributed by atoms with Gasteiger partial charge in [0.05, 0.1) is 48.7 Å². The second-order valence-electron chi connectivity index (χ2n) is 12.2. The molecule has 3 rings (SSSR count). The molecule has 50 heavy (non-hydrogen) atoms. The van der Waals surface area contributed by atoms with Crippen molar-refractivity contribution in [3.63, 3.8) is 0 Å². The van der Waals surface area contributed by atoms with Crippen LogP contribution in [0.2, 0.25) is 0 Å². The van der Waals surface area contributed by atoms with Gasteiger partial charge in [-0.15, -0.1) is 0 Å². The van der Waals surface area contributed by atoms with E-state index in [1.54, 1.807) is 79.1 Å². The first kappa shape index (κ1) is 39.5. The quantitative estimate of drug-likeness (QED) is 0.161. The fourth-order valence-corrected chi connectivity index (χ4v) is 5.97. The first-order valence-corrected chi connectivity index (χ1v) is 16.7. The Bertz CT molecular complexity index is 1500. The Morgan fingerprint density at radius 2 is 1.08 bits per heavy atom. The molecule has 1 heterocycles. The molecule has 0 aliphatic carbocycles. The number of carbonyl (C=O) groups excluding carboxylic acids is 2. The average Bonchev–Trinajstić information content (AvgIpc) is 3.12. The Kier molecular flexibility index (Phi) is 15.3. The standard InChI is InChI=1S/C39H53N3O8/c1-27(2)42(28(3)4)26-31-25-40(36(43)17-13-11-15-29-21-32(45-5)38(49-9)33(22-29)46-6)19-20-41(31)37(44)18-14-12-16-30-23-34(47-7)39(50-10)35(24-30)48-8/h11-18,21-24,27-28,31H,19-20,25-26H2,1-10H3. The number of amides is 2. The largest absolute Gasteiger partial charge is 0.493 e. The lowest BCUT2D eigenvalue weighted by Crippen LogP contribution is -2.60. The second-order valence-corrected chi connectivity index (χ2v) is 12.2. The smallest absolute Gasteiger partial charge is 0.246 e. The van der Waals surface area contributed by atoms with Gasteiger partial charge < -0.3 is 38.2 Å². The summed E-state index contributed by atoms with van der Waals surface area (Å²) in [6.07, 6.45) is 13.9. The molecule has 2 aromatic carbocycles. The van der Waals surface area contributed by atoms with Crippen LogP contribution in [0.4, 0.5) is 0 Å². The minimum absolute atomic E-state index is 0.104. The molecule has 11 heteroatoms. The lowest BCUT2D eigenvalue weighted by molar-refractivity contribution is -0.138. The van der Waals surface area contributed by atoms with Gasteiger partial charge in [-0.1, -0.05) is 36.5 Å². The van der Waals surface area contributed by atoms with E-state index in [-0.39, 0.29) is 29.9 Å². The van der Waals surface area contributed by atoms with E-state index in [4.69, 9.17) is 28.4 Å². The minimum Gasteiger partial charge on any atom is -0.493 e. The van der Waals surface area contributed by atoms with Crippen LogP contribution in [0.1, 0.15) is 38.8 Å². The van der Waals surface area contributed by atoms with E-state index in [0.717, 1.165) is 11.1 Å². The first-order valence-electron chi connectivity index (χ1n) is 16.7. The lowest BCUT2D eigenvalue weighted by atomic mass is 10.1. The van der Waals surface area contributed by atoms with Gasteiger partial charge in [0.1, 0.15) is 0 Å². The topological polar surface area (TPSA) is 99.2 Å². The summed E-state index contributed by atoms with van der Waals surface area (Å²) in [5.74, 6) is 3.01. The zero-order valence-electron chi connectivity index (χ0n) is 31.1. The van der Waals surface area contributed by atoms with Gasteiger partial charge in [-0.25, -0.2) is 0 Å². The number of ether oxygens (including phenoxy) is 6. The molecule has 1 fully saturated rings. The van der Waals surface area contributed by atoms with Gasteiger partial charge in [-0.2, -0.15) is 0 Å². The Balaban J connectivity index is 1.75. The number of benzene rings is 2. The third-order valence-corrected chi connectivity index (χ3v) is 8.48. The third kappa shape index (κ3) is 10.3. The Morgan fingerprint density at radius 3 is 1.46 bits per heavy atom. The van der Waals surface area contributed by atoms with Crippen molar-refractivity contribution in [1.82, 2.24) is 14.7 Å². The predicted molar refractivity (Wildman–Crippen MR) is 198 cm³/mol. The van der Waals surface area contributed by atoms with E-state index in [1.807, 2.05) is 46.2 Å². The van der Waals surface area contributed by atoms with Gasteiger partial charge in [-0.05, 0) is 63.1 Å². The number of hydrogen-bond acceptors (Lipinski definition) is 9. The fraction of sp³-hybridized carbons (Fsp3) is 0.436. The molecule has 0 aromatic heterocycles. The van der Waals surface area contributed by atoms with Gasteiger partial charge in [0.2, 0.25) is 23.3 Å². The predicted octanol–water partition coefficient (Wildman–Crippen LogP) is 5.74. The second kappa shape index (κ2) is 19.3. The van der Waals surface area contributed by atoms with E-state index in [9.17, 15) is 9.59 Å². The van der Waals surface area contributed by atoms with Crippen LogP contribution in [0.25, 0.3) is 12.2 Å². The first-order chi connectivity index (χ1) is 24.0. The Hall–Kier alpha value is -4.90. The van der Waals surface area contributed by atoms with Crippen LogP contribution in [0.15, 0.2) is 60.7 Å². The molecule has 0 saturated carbocycles. The maximum absolute atomic E-state index is 13.6. The van der Waals surface area contributed by atoms with Crippen molar-refractivity contribution in [2.45, 2.75) is 45.8 Å². The van der Waals surface area contributed by atoms with Crippen LogP contribution in [0.3, 0.4) is 0 Å². The highest BCUT2D eigenvalue weighted by molar-refractivity contribution is 5.90. The van der Waals surface area contributed by atoms with Crippen molar-refractivity contribution in [2.75, 3.05) is 68.8 Å². The van der Waals surface area contributed by atoms with Crippen molar-refractivity contribution >= 4 is 24.0 Å². The highest BCUT2D eigenvalue weighted by Crippen LogP contribution is 2.39. The van der Waals surface area contributed by atoms with E-state index in [1.165, 1.54) is 0 Å².